The average molecular weight is 1380 g/mol. The molecule has 2 saturated heterocycles. The number of fused-ring (bicyclic) bond motifs is 3. The van der Waals surface area contributed by atoms with Gasteiger partial charge in [0.2, 0.25) is 5.79 Å². The number of ether oxygens (including phenoxy) is 12. The van der Waals surface area contributed by atoms with Crippen LogP contribution in [0.4, 0.5) is 0 Å². The highest BCUT2D eigenvalue weighted by Crippen LogP contribution is 2.39. The molecule has 1 amide bonds. The summed E-state index contributed by atoms with van der Waals surface area (Å²) in [5, 5.41) is 23.8. The molecule has 3 fully saturated rings. The van der Waals surface area contributed by atoms with E-state index < -0.39 is 138 Å². The molecule has 0 aromatic heterocycles. The molecule has 4 rings (SSSR count). The molecule has 0 spiro atoms. The van der Waals surface area contributed by atoms with Gasteiger partial charge in [-0.05, 0) is 114 Å². The minimum absolute atomic E-state index is 0.0135. The summed E-state index contributed by atoms with van der Waals surface area (Å²) in [6, 6.07) is -1.25. The molecule has 3 heterocycles. The summed E-state index contributed by atoms with van der Waals surface area (Å²) < 4.78 is 68.5. The number of hydrogen-bond donors (Lipinski definition) is 2. The summed E-state index contributed by atoms with van der Waals surface area (Å²) in [6.07, 6.45) is 8.81. The molecular weight excluding hydrogens is 1270 g/mol. The van der Waals surface area contributed by atoms with E-state index in [-0.39, 0.29) is 60.5 Å². The summed E-state index contributed by atoms with van der Waals surface area (Å²) in [5.41, 5.74) is -0.535. The maximum absolute atomic E-state index is 14.8. The first-order valence-electron chi connectivity index (χ1n) is 33.6. The number of rotatable bonds is 28. The molecule has 0 aromatic rings. The van der Waals surface area contributed by atoms with Crippen molar-refractivity contribution in [2.75, 3.05) is 118 Å². The van der Waals surface area contributed by atoms with Gasteiger partial charge in [-0.2, -0.15) is 0 Å². The summed E-state index contributed by atoms with van der Waals surface area (Å²) >= 11 is 2.59. The SMILES string of the molecule is COCCOCCSCC(=O)OCC(C)(COC(=O)CSCCOCCOC)C(=O)O[C@@H]1CC[C@@H](C[C@@H](C)[C@@H]2CC(=O)C(C)=CC(C)[C@@H](O)[C@@H](OC)C(=O)[C@H](C)C[C@H](C)C=CC=CC=C(C)[C@@H](OC)C[C@@H]3CC[C@@H](C)[C@@](O)(O3)C(=O)C(=O)N3CCCC[C@H]3C(=O)O2)C[C@H]1OC. The van der Waals surface area contributed by atoms with Gasteiger partial charge >= 0.3 is 23.9 Å². The minimum Gasteiger partial charge on any atom is -0.464 e. The standard InChI is InChI=1S/C70H111NO22S2/c1-45-19-15-14-16-20-46(2)57(84-11)39-53-24-22-51(7)70(81,93-53)65(77)66(78)71-26-18-17-21-54(71)67(79)91-58(40-55(72)47(3)36-50(6)63(76)64(86-13)62(75)49(5)35-45)48(4)37-52-23-25-56(59(38-52)85-12)92-68(80)69(8,43-89-60(73)41-94-33-31-87-29-27-82-9)44-90-61(74)42-95-34-32-88-30-28-83-10/h14-16,19-20,36,45,48-54,56-59,63-64,76,81H,17-18,21-35,37-44H2,1-13H3/t45-,48-,49-,50?,51-,52+,53+,54+,56-,57+,58+,59-,63-,64+,70-/m1/s1. The normalized spacial score (nSPS) is 29.6. The topological polar surface area (TPSA) is 291 Å². The number of carbonyl (C=O) groups excluding carboxylic acids is 8. The van der Waals surface area contributed by atoms with E-state index in [1.165, 1.54) is 44.7 Å². The van der Waals surface area contributed by atoms with Gasteiger partial charge in [-0.25, -0.2) is 4.79 Å². The van der Waals surface area contributed by atoms with Crippen LogP contribution < -0.4 is 0 Å². The Bertz CT molecular complexity index is 2530. The van der Waals surface area contributed by atoms with Gasteiger partial charge in [-0.1, -0.05) is 71.1 Å². The van der Waals surface area contributed by atoms with Gasteiger partial charge in [0.1, 0.15) is 43.0 Å². The molecule has 95 heavy (non-hydrogen) atoms. The number of cyclic esters (lactones) is 1. The zero-order chi connectivity index (χ0) is 70.3. The van der Waals surface area contributed by atoms with Gasteiger partial charge in [0.15, 0.2) is 11.6 Å². The summed E-state index contributed by atoms with van der Waals surface area (Å²) in [4.78, 5) is 114. The Morgan fingerprint density at radius 2 is 1.40 bits per heavy atom. The first-order chi connectivity index (χ1) is 45.3. The van der Waals surface area contributed by atoms with Crippen LogP contribution in [0.25, 0.3) is 0 Å². The molecule has 0 radical (unpaired) electrons. The lowest BCUT2D eigenvalue weighted by molar-refractivity contribution is -0.265. The van der Waals surface area contributed by atoms with E-state index in [4.69, 9.17) is 56.8 Å². The maximum Gasteiger partial charge on any atom is 0.329 e. The fraction of sp³-hybridized carbons (Fsp3) is 0.771. The lowest BCUT2D eigenvalue weighted by atomic mass is 9.78. The third-order valence-electron chi connectivity index (χ3n) is 18.4. The lowest BCUT2D eigenvalue weighted by Crippen LogP contribution is -2.61. The van der Waals surface area contributed by atoms with E-state index in [1.807, 2.05) is 51.2 Å². The fourth-order valence-electron chi connectivity index (χ4n) is 12.3. The van der Waals surface area contributed by atoms with Crippen LogP contribution in [0.3, 0.4) is 0 Å². The number of methoxy groups -OCH3 is 5. The molecule has 540 valence electrons. The first-order valence-corrected chi connectivity index (χ1v) is 35.9. The molecule has 1 aliphatic carbocycles. The van der Waals surface area contributed by atoms with E-state index in [9.17, 15) is 48.6 Å². The minimum atomic E-state index is -2.51. The van der Waals surface area contributed by atoms with E-state index in [0.717, 1.165) is 10.5 Å². The number of hydrogen-bond acceptors (Lipinski definition) is 24. The van der Waals surface area contributed by atoms with Crippen molar-refractivity contribution in [1.29, 1.82) is 0 Å². The van der Waals surface area contributed by atoms with Crippen molar-refractivity contribution >= 4 is 70.7 Å². The second kappa shape index (κ2) is 43.2. The monoisotopic (exact) mass is 1380 g/mol. The molecule has 3 aliphatic heterocycles. The molecule has 4 aliphatic rings. The van der Waals surface area contributed by atoms with Crippen LogP contribution in [0.15, 0.2) is 47.6 Å². The van der Waals surface area contributed by atoms with Crippen LogP contribution in [0.5, 0.6) is 0 Å². The molecular formula is C70H111NO22S2. The molecule has 25 heteroatoms. The van der Waals surface area contributed by atoms with Crippen molar-refractivity contribution < 1.29 is 105 Å². The number of nitrogens with zero attached hydrogens (tertiary/aromatic N) is 1. The lowest BCUT2D eigenvalue weighted by Gasteiger charge is -2.42. The summed E-state index contributed by atoms with van der Waals surface area (Å²) in [5.74, 6) is -9.99. The van der Waals surface area contributed by atoms with Crippen LogP contribution in [0.2, 0.25) is 0 Å². The van der Waals surface area contributed by atoms with Crippen LogP contribution in [0, 0.1) is 40.9 Å². The van der Waals surface area contributed by atoms with Crippen LogP contribution in [-0.2, 0) is 95.2 Å². The third-order valence-corrected chi connectivity index (χ3v) is 20.2. The maximum atomic E-state index is 14.8. The van der Waals surface area contributed by atoms with Gasteiger partial charge in [-0.3, -0.25) is 33.6 Å². The highest BCUT2D eigenvalue weighted by atomic mass is 32.2. The average Bonchev–Trinajstić information content (AvgIpc) is 0.790. The van der Waals surface area contributed by atoms with Gasteiger partial charge in [0.05, 0.1) is 75.6 Å². The Hall–Kier alpha value is -4.38. The van der Waals surface area contributed by atoms with Gasteiger partial charge < -0.3 is 72.0 Å². The van der Waals surface area contributed by atoms with Crippen molar-refractivity contribution in [3.8, 4) is 0 Å². The predicted molar refractivity (Wildman–Crippen MR) is 359 cm³/mol. The van der Waals surface area contributed by atoms with Gasteiger partial charge in [0, 0.05) is 84.2 Å². The van der Waals surface area contributed by atoms with Crippen molar-refractivity contribution in [3.63, 3.8) is 0 Å². The smallest absolute Gasteiger partial charge is 0.329 e. The number of Topliss-reactive ketones (excluding diaryl/α,β-unsaturated/α-hetero) is 3. The zero-order valence-corrected chi connectivity index (χ0v) is 60.2. The van der Waals surface area contributed by atoms with Crippen LogP contribution in [0.1, 0.15) is 132 Å². The van der Waals surface area contributed by atoms with Gasteiger partial charge in [-0.15, -0.1) is 23.5 Å². The highest BCUT2D eigenvalue weighted by Gasteiger charge is 2.53. The third kappa shape index (κ3) is 27.0. The van der Waals surface area contributed by atoms with Crippen molar-refractivity contribution in [1.82, 2.24) is 4.90 Å². The Balaban J connectivity index is 1.62. The molecule has 2 N–H and O–H groups in total. The van der Waals surface area contributed by atoms with E-state index in [2.05, 4.69) is 0 Å². The fourth-order valence-corrected chi connectivity index (χ4v) is 13.6. The number of aliphatic hydroxyl groups is 2. The summed E-state index contributed by atoms with van der Waals surface area (Å²) in [6.45, 7) is 15.6. The van der Waals surface area contributed by atoms with Crippen LogP contribution in [-0.4, -0.2) is 235 Å². The Labute approximate surface area is 571 Å². The number of thioether (sulfide) groups is 2. The number of allylic oxidation sites excluding steroid dienone is 6. The molecule has 1 saturated carbocycles. The largest absolute Gasteiger partial charge is 0.464 e. The van der Waals surface area contributed by atoms with E-state index in [1.54, 1.807) is 55.1 Å². The quantitative estimate of drug-likeness (QED) is 0.0329. The first kappa shape index (κ1) is 83.0. The number of ketones is 3. The molecule has 23 nitrogen and oxygen atoms in total. The Kier molecular flexibility index (Phi) is 37.8. The molecule has 1 unspecified atom stereocenters. The Morgan fingerprint density at radius 3 is 2.00 bits per heavy atom. The van der Waals surface area contributed by atoms with Crippen LogP contribution >= 0.6 is 23.5 Å². The van der Waals surface area contributed by atoms with E-state index in [0.29, 0.717) is 109 Å². The van der Waals surface area contributed by atoms with Crippen molar-refractivity contribution in [3.05, 3.63) is 47.6 Å². The van der Waals surface area contributed by atoms with Gasteiger partial charge in [0.25, 0.3) is 11.7 Å². The number of amides is 1. The van der Waals surface area contributed by atoms with E-state index >= 15 is 0 Å². The number of piperidine rings is 1. The highest BCUT2D eigenvalue weighted by molar-refractivity contribution is 8.00. The second-order valence-electron chi connectivity index (χ2n) is 26.2. The molecule has 2 bridgehead atoms. The molecule has 0 aromatic carbocycles. The number of aliphatic hydroxyl groups excluding tert-OH is 1. The van der Waals surface area contributed by atoms with Crippen molar-refractivity contribution in [2.45, 2.75) is 187 Å². The predicted octanol–water partition coefficient (Wildman–Crippen LogP) is 7.62. The second-order valence-corrected chi connectivity index (χ2v) is 28.4. The number of esters is 4. The molecule has 15 atom stereocenters. The number of carbonyl (C=O) groups is 8. The van der Waals surface area contributed by atoms with Crippen molar-refractivity contribution in [2.24, 2.45) is 40.9 Å². The summed E-state index contributed by atoms with van der Waals surface area (Å²) in [7, 11) is 7.56. The Morgan fingerprint density at radius 1 is 0.758 bits per heavy atom. The zero-order valence-electron chi connectivity index (χ0n) is 58.5.